The summed E-state index contributed by atoms with van der Waals surface area (Å²) in [7, 11) is 0. The predicted octanol–water partition coefficient (Wildman–Crippen LogP) is 15.6. The van der Waals surface area contributed by atoms with Gasteiger partial charge in [-0.15, -0.1) is 11.3 Å². The third-order valence-corrected chi connectivity index (χ3v) is 12.1. The van der Waals surface area contributed by atoms with E-state index in [1.807, 2.05) is 23.5 Å². The van der Waals surface area contributed by atoms with Crippen LogP contribution in [0.1, 0.15) is 0 Å². The first-order valence-electron chi connectivity index (χ1n) is 18.7. The maximum Gasteiger partial charge on any atom is 0.143 e. The van der Waals surface area contributed by atoms with E-state index in [-0.39, 0.29) is 0 Å². The zero-order valence-electron chi connectivity index (χ0n) is 29.8. The molecule has 2 aromatic heterocycles. The zero-order chi connectivity index (χ0) is 36.3. The van der Waals surface area contributed by atoms with E-state index in [9.17, 15) is 0 Å². The van der Waals surface area contributed by atoms with E-state index in [4.69, 9.17) is 4.42 Å². The number of furan rings is 1. The number of thiophene rings is 1. The minimum absolute atomic E-state index is 0.907. The van der Waals surface area contributed by atoms with Gasteiger partial charge in [-0.05, 0) is 70.1 Å². The minimum atomic E-state index is 0.907. The number of para-hydroxylation sites is 3. The number of rotatable bonds is 6. The van der Waals surface area contributed by atoms with Crippen LogP contribution in [0.2, 0.25) is 0 Å². The average Bonchev–Trinajstić information content (AvgIpc) is 3.84. The lowest BCUT2D eigenvalue weighted by molar-refractivity contribution is 0.670. The van der Waals surface area contributed by atoms with E-state index < -0.39 is 0 Å². The zero-order valence-corrected chi connectivity index (χ0v) is 30.6. The van der Waals surface area contributed by atoms with Gasteiger partial charge >= 0.3 is 0 Å². The molecule has 0 saturated heterocycles. The highest BCUT2D eigenvalue weighted by molar-refractivity contribution is 7.26. The third-order valence-electron chi connectivity index (χ3n) is 10.9. The van der Waals surface area contributed by atoms with Crippen molar-refractivity contribution in [3.8, 4) is 33.4 Å². The van der Waals surface area contributed by atoms with Gasteiger partial charge in [0, 0.05) is 53.1 Å². The van der Waals surface area contributed by atoms with Crippen molar-refractivity contribution in [3.63, 3.8) is 0 Å². The third kappa shape index (κ3) is 5.16. The monoisotopic (exact) mass is 719 g/mol. The molecule has 3 heteroatoms. The first kappa shape index (κ1) is 31.6. The van der Waals surface area contributed by atoms with Crippen LogP contribution >= 0.6 is 11.3 Å². The summed E-state index contributed by atoms with van der Waals surface area (Å²) in [4.78, 5) is 2.46. The highest BCUT2D eigenvalue weighted by atomic mass is 32.1. The van der Waals surface area contributed by atoms with Gasteiger partial charge < -0.3 is 9.32 Å². The standard InChI is InChI=1S/C52H33NOS/c1-3-15-34(16-4-1)38-19-9-11-25-46(38)53(37-31-29-36(30-32-37)39-23-13-24-42-41-21-10-12-27-48(41)54-51(39)42)47-26-14-28-49-50(47)45-33-44(35-17-5-2-6-18-35)40-20-7-8-22-43(40)52(45)55-49/h1-33H. The highest BCUT2D eigenvalue weighted by Gasteiger charge is 2.23. The Bertz CT molecular complexity index is 3190. The largest absolute Gasteiger partial charge is 0.455 e. The van der Waals surface area contributed by atoms with Crippen LogP contribution in [0.4, 0.5) is 17.1 Å². The molecular weight excluding hydrogens is 687 g/mol. The lowest BCUT2D eigenvalue weighted by atomic mass is 9.95. The van der Waals surface area contributed by atoms with Crippen molar-refractivity contribution in [2.75, 3.05) is 4.90 Å². The van der Waals surface area contributed by atoms with E-state index in [1.165, 1.54) is 53.2 Å². The number of anilines is 3. The maximum absolute atomic E-state index is 6.46. The molecule has 0 aliphatic carbocycles. The number of hydrogen-bond donors (Lipinski definition) is 0. The van der Waals surface area contributed by atoms with Crippen LogP contribution in [0, 0.1) is 0 Å². The second-order valence-corrected chi connectivity index (χ2v) is 15.1. The molecule has 258 valence electrons. The molecule has 11 rings (SSSR count). The number of nitrogens with zero attached hydrogens (tertiary/aromatic N) is 1. The Hall–Kier alpha value is -6.94. The van der Waals surface area contributed by atoms with Crippen molar-refractivity contribution >= 4 is 81.3 Å². The molecule has 0 aliphatic heterocycles. The fourth-order valence-corrected chi connectivity index (χ4v) is 9.62. The Morgan fingerprint density at radius 2 is 0.964 bits per heavy atom. The van der Waals surface area contributed by atoms with Crippen molar-refractivity contribution < 1.29 is 4.42 Å². The molecular formula is C52H33NOS. The molecule has 0 unspecified atom stereocenters. The summed E-state index contributed by atoms with van der Waals surface area (Å²) in [5, 5.41) is 7.35. The van der Waals surface area contributed by atoms with Gasteiger partial charge in [-0.3, -0.25) is 0 Å². The normalized spacial score (nSPS) is 11.6. The van der Waals surface area contributed by atoms with Crippen LogP contribution in [0.5, 0.6) is 0 Å². The molecule has 9 aromatic carbocycles. The molecule has 0 N–H and O–H groups in total. The van der Waals surface area contributed by atoms with E-state index >= 15 is 0 Å². The summed E-state index contributed by atoms with van der Waals surface area (Å²) in [6.45, 7) is 0. The lowest BCUT2D eigenvalue weighted by Crippen LogP contribution is -2.11. The summed E-state index contributed by atoms with van der Waals surface area (Å²) >= 11 is 1.88. The van der Waals surface area contributed by atoms with Gasteiger partial charge in [0.2, 0.25) is 0 Å². The van der Waals surface area contributed by atoms with Crippen LogP contribution < -0.4 is 4.90 Å². The second-order valence-electron chi connectivity index (χ2n) is 14.0. The number of benzene rings is 9. The van der Waals surface area contributed by atoms with Crippen LogP contribution in [-0.2, 0) is 0 Å². The van der Waals surface area contributed by atoms with E-state index in [0.29, 0.717) is 0 Å². The molecule has 11 aromatic rings. The average molecular weight is 720 g/mol. The molecule has 0 fully saturated rings. The molecule has 0 amide bonds. The fraction of sp³-hybridized carbons (Fsp3) is 0. The fourth-order valence-electron chi connectivity index (χ4n) is 8.38. The van der Waals surface area contributed by atoms with E-state index in [1.54, 1.807) is 0 Å². The Balaban J connectivity index is 1.16. The SMILES string of the molecule is c1ccc(-c2ccccc2N(c2ccc(-c3cccc4c3oc3ccccc34)cc2)c2cccc3sc4c5ccccc5c(-c5ccccc5)cc4c23)cc1. The maximum atomic E-state index is 6.46. The highest BCUT2D eigenvalue weighted by Crippen LogP contribution is 2.50. The van der Waals surface area contributed by atoms with E-state index in [2.05, 4.69) is 193 Å². The molecule has 0 saturated carbocycles. The van der Waals surface area contributed by atoms with Gasteiger partial charge in [0.15, 0.2) is 0 Å². The summed E-state index contributed by atoms with van der Waals surface area (Å²) in [6.07, 6.45) is 0. The molecule has 0 atom stereocenters. The van der Waals surface area contributed by atoms with Gasteiger partial charge in [0.1, 0.15) is 11.2 Å². The summed E-state index contributed by atoms with van der Waals surface area (Å²) in [5.74, 6) is 0. The quantitative estimate of drug-likeness (QED) is 0.170. The van der Waals surface area contributed by atoms with Gasteiger partial charge in [0.05, 0.1) is 11.4 Å². The summed E-state index contributed by atoms with van der Waals surface area (Å²) in [5.41, 5.74) is 12.2. The minimum Gasteiger partial charge on any atom is -0.455 e. The molecule has 0 aliphatic rings. The smallest absolute Gasteiger partial charge is 0.143 e. The Morgan fingerprint density at radius 3 is 1.76 bits per heavy atom. The van der Waals surface area contributed by atoms with Crippen molar-refractivity contribution in [3.05, 3.63) is 200 Å². The molecule has 55 heavy (non-hydrogen) atoms. The van der Waals surface area contributed by atoms with Gasteiger partial charge in [-0.25, -0.2) is 0 Å². The first-order chi connectivity index (χ1) is 27.3. The van der Waals surface area contributed by atoms with Crippen LogP contribution in [0.15, 0.2) is 205 Å². The van der Waals surface area contributed by atoms with Gasteiger partial charge in [-0.1, -0.05) is 158 Å². The molecule has 2 nitrogen and oxygen atoms in total. The molecule has 2 heterocycles. The van der Waals surface area contributed by atoms with Crippen molar-refractivity contribution in [2.24, 2.45) is 0 Å². The second kappa shape index (κ2) is 12.9. The van der Waals surface area contributed by atoms with Crippen LogP contribution in [0.3, 0.4) is 0 Å². The number of hydrogen-bond acceptors (Lipinski definition) is 3. The van der Waals surface area contributed by atoms with Crippen LogP contribution in [-0.4, -0.2) is 0 Å². The number of fused-ring (bicyclic) bond motifs is 8. The van der Waals surface area contributed by atoms with Gasteiger partial charge in [-0.2, -0.15) is 0 Å². The Morgan fingerprint density at radius 1 is 0.382 bits per heavy atom. The summed E-state index contributed by atoms with van der Waals surface area (Å²) in [6, 6.07) is 72.1. The summed E-state index contributed by atoms with van der Waals surface area (Å²) < 4.78 is 9.03. The van der Waals surface area contributed by atoms with Crippen LogP contribution in [0.25, 0.3) is 86.3 Å². The Labute approximate surface area is 322 Å². The van der Waals surface area contributed by atoms with Crippen molar-refractivity contribution in [2.45, 2.75) is 0 Å². The van der Waals surface area contributed by atoms with Gasteiger partial charge in [0.25, 0.3) is 0 Å². The first-order valence-corrected chi connectivity index (χ1v) is 19.5. The topological polar surface area (TPSA) is 16.4 Å². The van der Waals surface area contributed by atoms with Crippen molar-refractivity contribution in [1.82, 2.24) is 0 Å². The Kier molecular flexibility index (Phi) is 7.39. The lowest BCUT2D eigenvalue weighted by Gasteiger charge is -2.29. The molecule has 0 radical (unpaired) electrons. The predicted molar refractivity (Wildman–Crippen MR) is 235 cm³/mol. The van der Waals surface area contributed by atoms with Crippen molar-refractivity contribution in [1.29, 1.82) is 0 Å². The van der Waals surface area contributed by atoms with E-state index in [0.717, 1.165) is 50.1 Å². The molecule has 0 bridgehead atoms. The molecule has 0 spiro atoms.